The zero-order valence-electron chi connectivity index (χ0n) is 24.3. The van der Waals surface area contributed by atoms with E-state index < -0.39 is 5.60 Å². The number of unbranched alkanes of at least 4 members (excludes halogenated alkanes) is 1. The second kappa shape index (κ2) is 11.8. The van der Waals surface area contributed by atoms with Crippen LogP contribution in [0.3, 0.4) is 0 Å². The molecule has 2 aromatic carbocycles. The first-order valence-electron chi connectivity index (χ1n) is 15.1. The topological polar surface area (TPSA) is 75.7 Å². The Morgan fingerprint density at radius 3 is 2.38 bits per heavy atom. The SMILES string of the molecule is CC(C)(C)OC(=O)C1(CCCCNC(=O)C(c2ccc(CN3Cc4ccccc4C3=O)cc2)C2CCCC2)CC1. The van der Waals surface area contributed by atoms with E-state index in [0.717, 1.165) is 67.2 Å². The van der Waals surface area contributed by atoms with Crippen molar-refractivity contribution in [3.8, 4) is 0 Å². The number of hydrogen-bond donors (Lipinski definition) is 1. The number of carbonyl (C=O) groups is 3. The highest BCUT2D eigenvalue weighted by Crippen LogP contribution is 2.51. The molecule has 1 aliphatic heterocycles. The normalized spacial score (nSPS) is 18.9. The van der Waals surface area contributed by atoms with Gasteiger partial charge < -0.3 is 15.0 Å². The van der Waals surface area contributed by atoms with Crippen LogP contribution < -0.4 is 5.32 Å². The van der Waals surface area contributed by atoms with Crippen molar-refractivity contribution in [1.29, 1.82) is 0 Å². The molecule has 6 nitrogen and oxygen atoms in total. The minimum absolute atomic E-state index is 0.0626. The number of fused-ring (bicyclic) bond motifs is 1. The molecule has 1 atom stereocenters. The van der Waals surface area contributed by atoms with Crippen LogP contribution >= 0.6 is 0 Å². The summed E-state index contributed by atoms with van der Waals surface area (Å²) in [6, 6.07) is 16.1. The van der Waals surface area contributed by atoms with E-state index in [2.05, 4.69) is 29.6 Å². The average Bonchev–Trinajstić information content (AvgIpc) is 3.39. The van der Waals surface area contributed by atoms with Crippen LogP contribution in [0.1, 0.15) is 112 Å². The second-order valence-electron chi connectivity index (χ2n) is 13.1. The molecule has 6 heteroatoms. The number of esters is 1. The van der Waals surface area contributed by atoms with Crippen LogP contribution in [-0.2, 0) is 27.4 Å². The molecular weight excluding hydrogens is 500 g/mol. The first kappa shape index (κ1) is 28.4. The van der Waals surface area contributed by atoms with Crippen molar-refractivity contribution in [2.45, 2.75) is 103 Å². The van der Waals surface area contributed by atoms with E-state index in [-0.39, 0.29) is 29.1 Å². The first-order chi connectivity index (χ1) is 19.2. The summed E-state index contributed by atoms with van der Waals surface area (Å²) in [6.45, 7) is 7.58. The molecule has 0 saturated heterocycles. The summed E-state index contributed by atoms with van der Waals surface area (Å²) in [6.07, 6.45) is 8.93. The van der Waals surface area contributed by atoms with Crippen LogP contribution in [-0.4, -0.2) is 34.8 Å². The van der Waals surface area contributed by atoms with Gasteiger partial charge >= 0.3 is 5.97 Å². The lowest BCUT2D eigenvalue weighted by molar-refractivity contribution is -0.162. The maximum Gasteiger partial charge on any atom is 0.312 e. The van der Waals surface area contributed by atoms with Crippen LogP contribution in [0, 0.1) is 11.3 Å². The van der Waals surface area contributed by atoms with Crippen LogP contribution in [0.2, 0.25) is 0 Å². The molecule has 2 fully saturated rings. The molecule has 1 N–H and O–H groups in total. The Labute approximate surface area is 238 Å². The molecule has 2 saturated carbocycles. The van der Waals surface area contributed by atoms with Crippen molar-refractivity contribution < 1.29 is 19.1 Å². The van der Waals surface area contributed by atoms with Gasteiger partial charge in [-0.1, -0.05) is 61.7 Å². The van der Waals surface area contributed by atoms with Crippen molar-refractivity contribution >= 4 is 17.8 Å². The minimum atomic E-state index is -0.453. The van der Waals surface area contributed by atoms with Crippen molar-refractivity contribution in [2.24, 2.45) is 11.3 Å². The van der Waals surface area contributed by atoms with Gasteiger partial charge in [0.2, 0.25) is 5.91 Å². The minimum Gasteiger partial charge on any atom is -0.460 e. The predicted octanol–water partition coefficient (Wildman–Crippen LogP) is 6.52. The molecule has 0 spiro atoms. The van der Waals surface area contributed by atoms with E-state index >= 15 is 0 Å². The van der Waals surface area contributed by atoms with Crippen LogP contribution in [0.4, 0.5) is 0 Å². The van der Waals surface area contributed by atoms with E-state index in [9.17, 15) is 14.4 Å². The molecule has 5 rings (SSSR count). The fourth-order valence-corrected chi connectivity index (χ4v) is 6.42. The number of rotatable bonds is 11. The van der Waals surface area contributed by atoms with Gasteiger partial charge in [0.15, 0.2) is 0 Å². The third-order valence-corrected chi connectivity index (χ3v) is 8.83. The van der Waals surface area contributed by atoms with Crippen molar-refractivity contribution in [3.05, 3.63) is 70.8 Å². The van der Waals surface area contributed by atoms with E-state index in [0.29, 0.717) is 25.6 Å². The second-order valence-corrected chi connectivity index (χ2v) is 13.1. The van der Waals surface area contributed by atoms with Gasteiger partial charge in [-0.3, -0.25) is 14.4 Å². The third-order valence-electron chi connectivity index (χ3n) is 8.83. The van der Waals surface area contributed by atoms with Gasteiger partial charge in [-0.2, -0.15) is 0 Å². The Morgan fingerprint density at radius 2 is 1.73 bits per heavy atom. The molecule has 1 heterocycles. The number of carbonyl (C=O) groups excluding carboxylic acids is 3. The number of hydrogen-bond acceptors (Lipinski definition) is 4. The fourth-order valence-electron chi connectivity index (χ4n) is 6.42. The summed E-state index contributed by atoms with van der Waals surface area (Å²) in [5.74, 6) is 0.347. The Kier molecular flexibility index (Phi) is 8.34. The van der Waals surface area contributed by atoms with Gasteiger partial charge in [-0.15, -0.1) is 0 Å². The molecule has 0 radical (unpaired) electrons. The lowest BCUT2D eigenvalue weighted by atomic mass is 9.83. The Hall–Kier alpha value is -3.15. The highest BCUT2D eigenvalue weighted by atomic mass is 16.6. The van der Waals surface area contributed by atoms with Crippen LogP contribution in [0.5, 0.6) is 0 Å². The number of nitrogens with zero attached hydrogens (tertiary/aromatic N) is 1. The molecule has 2 aromatic rings. The number of ether oxygens (including phenoxy) is 1. The molecule has 2 amide bonds. The van der Waals surface area contributed by atoms with Crippen LogP contribution in [0.15, 0.2) is 48.5 Å². The molecule has 1 unspecified atom stereocenters. The lowest BCUT2D eigenvalue weighted by Crippen LogP contribution is -2.33. The smallest absolute Gasteiger partial charge is 0.312 e. The highest BCUT2D eigenvalue weighted by Gasteiger charge is 2.51. The lowest BCUT2D eigenvalue weighted by Gasteiger charge is -2.24. The zero-order chi connectivity index (χ0) is 28.3. The predicted molar refractivity (Wildman–Crippen MR) is 156 cm³/mol. The maximum atomic E-state index is 13.5. The molecule has 2 aliphatic carbocycles. The standard InChI is InChI=1S/C34H44N2O4/c1-33(2,3)40-32(39)34(19-20-34)18-8-9-21-35-30(37)29(25-10-4-5-11-25)26-16-14-24(15-17-26)22-36-23-27-12-6-7-13-28(27)31(36)38/h6-7,12-17,25,29H,4-5,8-11,18-23H2,1-3H3,(H,35,37). The van der Waals surface area contributed by atoms with E-state index in [4.69, 9.17) is 4.74 Å². The number of nitrogens with one attached hydrogen (secondary N) is 1. The summed E-state index contributed by atoms with van der Waals surface area (Å²) in [4.78, 5) is 40.7. The monoisotopic (exact) mass is 544 g/mol. The zero-order valence-corrected chi connectivity index (χ0v) is 24.3. The average molecular weight is 545 g/mol. The molecule has 0 aromatic heterocycles. The Bertz CT molecular complexity index is 1220. The molecular formula is C34H44N2O4. The Balaban J connectivity index is 1.14. The summed E-state index contributed by atoms with van der Waals surface area (Å²) in [7, 11) is 0. The van der Waals surface area contributed by atoms with Crippen molar-refractivity contribution in [2.75, 3.05) is 6.54 Å². The molecule has 214 valence electrons. The van der Waals surface area contributed by atoms with Gasteiger partial charge in [-0.25, -0.2) is 0 Å². The number of amides is 2. The summed E-state index contributed by atoms with van der Waals surface area (Å²) >= 11 is 0. The first-order valence-corrected chi connectivity index (χ1v) is 15.1. The van der Waals surface area contributed by atoms with Gasteiger partial charge in [0.05, 0.1) is 11.3 Å². The van der Waals surface area contributed by atoms with E-state index in [1.807, 2.05) is 49.9 Å². The highest BCUT2D eigenvalue weighted by molar-refractivity contribution is 5.98. The van der Waals surface area contributed by atoms with E-state index in [1.165, 1.54) is 12.8 Å². The van der Waals surface area contributed by atoms with Gasteiger partial charge in [0.1, 0.15) is 5.60 Å². The quantitative estimate of drug-likeness (QED) is 0.258. The molecule has 40 heavy (non-hydrogen) atoms. The summed E-state index contributed by atoms with van der Waals surface area (Å²) in [5.41, 5.74) is 3.27. The molecule has 3 aliphatic rings. The van der Waals surface area contributed by atoms with Crippen LogP contribution in [0.25, 0.3) is 0 Å². The third kappa shape index (κ3) is 6.59. The molecule has 0 bridgehead atoms. The van der Waals surface area contributed by atoms with Gasteiger partial charge in [0.25, 0.3) is 5.91 Å². The van der Waals surface area contributed by atoms with Gasteiger partial charge in [-0.05, 0) is 88.0 Å². The van der Waals surface area contributed by atoms with Crippen molar-refractivity contribution in [3.63, 3.8) is 0 Å². The summed E-state index contributed by atoms with van der Waals surface area (Å²) in [5, 5.41) is 3.21. The number of benzene rings is 2. The van der Waals surface area contributed by atoms with E-state index in [1.54, 1.807) is 0 Å². The summed E-state index contributed by atoms with van der Waals surface area (Å²) < 4.78 is 5.64. The fraction of sp³-hybridized carbons (Fsp3) is 0.559. The largest absolute Gasteiger partial charge is 0.460 e. The Morgan fingerprint density at radius 1 is 1.02 bits per heavy atom. The maximum absolute atomic E-state index is 13.5. The van der Waals surface area contributed by atoms with Gasteiger partial charge in [0, 0.05) is 25.2 Å². The van der Waals surface area contributed by atoms with Crippen molar-refractivity contribution in [1.82, 2.24) is 10.2 Å².